The van der Waals surface area contributed by atoms with Gasteiger partial charge in [-0.3, -0.25) is 13.2 Å². The smallest absolute Gasteiger partial charge is 0.256 e. The average Bonchev–Trinajstić information content (AvgIpc) is 3.50. The first kappa shape index (κ1) is 22.4. The Balaban J connectivity index is 2.66. The molecule has 2 unspecified atom stereocenters. The second-order valence-corrected chi connectivity index (χ2v) is 9.41. The molecule has 0 saturated heterocycles. The number of rotatable bonds is 9. The molecule has 0 heterocycles. The molecule has 1 aromatic rings. The van der Waals surface area contributed by atoms with Gasteiger partial charge in [-0.15, -0.1) is 0 Å². The first-order valence-corrected chi connectivity index (χ1v) is 11.7. The molecule has 1 amide bonds. The fourth-order valence-corrected chi connectivity index (χ4v) is 5.46. The van der Waals surface area contributed by atoms with Crippen molar-refractivity contribution in [3.8, 4) is 0 Å². The zero-order chi connectivity index (χ0) is 21.0. The Morgan fingerprint density at radius 1 is 1.36 bits per heavy atom. The third-order valence-corrected chi connectivity index (χ3v) is 7.19. The van der Waals surface area contributed by atoms with Gasteiger partial charge < -0.3 is 20.6 Å². The van der Waals surface area contributed by atoms with Gasteiger partial charge in [0.1, 0.15) is 11.3 Å². The maximum absolute atomic E-state index is 12.8. The molecule has 3 N–H and O–H groups in total. The summed E-state index contributed by atoms with van der Waals surface area (Å²) in [5.41, 5.74) is 0.803. The first-order chi connectivity index (χ1) is 13.2. The van der Waals surface area contributed by atoms with Crippen LogP contribution >= 0.6 is 0 Å². The lowest BCUT2D eigenvalue weighted by Crippen LogP contribution is -2.27. The number of carbonyl (C=O) groups excluding carboxylic acids is 1. The predicted molar refractivity (Wildman–Crippen MR) is 111 cm³/mol. The van der Waals surface area contributed by atoms with E-state index < -0.39 is 27.5 Å². The molecule has 0 aliphatic heterocycles. The Kier molecular flexibility index (Phi) is 7.68. The molecular weight excluding hydrogens is 400 g/mol. The largest absolute Gasteiger partial charge is 0.506 e. The number of ether oxygens (including phenoxy) is 1. The van der Waals surface area contributed by atoms with E-state index in [4.69, 9.17) is 10.1 Å². The number of nitrogens with one attached hydrogen (secondary N) is 2. The highest BCUT2D eigenvalue weighted by molar-refractivity contribution is 7.87. The molecule has 2 atom stereocenters. The number of likely N-dealkylation sites (N-methyl/N-ethyl adjacent to an activating group) is 1. The summed E-state index contributed by atoms with van der Waals surface area (Å²) in [6.07, 6.45) is 3.12. The summed E-state index contributed by atoms with van der Waals surface area (Å²) < 4.78 is 30.0. The molecule has 1 aliphatic carbocycles. The number of aliphatic hydroxyl groups excluding tert-OH is 1. The number of carbonyl (C=O) groups is 1. The monoisotopic (exact) mass is 426 g/mol. The van der Waals surface area contributed by atoms with E-state index in [0.29, 0.717) is 20.9 Å². The molecule has 2 rings (SSSR count). The highest BCUT2D eigenvalue weighted by Gasteiger charge is 2.34. The minimum atomic E-state index is -1.49. The lowest BCUT2D eigenvalue weighted by molar-refractivity contribution is -0.116. The van der Waals surface area contributed by atoms with Crippen molar-refractivity contribution in [1.29, 1.82) is 5.41 Å². The molecule has 1 aromatic carbocycles. The Morgan fingerprint density at radius 3 is 2.50 bits per heavy atom. The summed E-state index contributed by atoms with van der Waals surface area (Å²) in [4.78, 5) is 13.1. The van der Waals surface area contributed by atoms with Crippen molar-refractivity contribution in [3.05, 3.63) is 28.8 Å². The van der Waals surface area contributed by atoms with Crippen molar-refractivity contribution in [3.63, 3.8) is 0 Å². The van der Waals surface area contributed by atoms with E-state index in [9.17, 15) is 18.3 Å². The van der Waals surface area contributed by atoms with Gasteiger partial charge in [-0.05, 0) is 37.5 Å². The number of amides is 1. The lowest BCUT2D eigenvalue weighted by Gasteiger charge is -2.17. The van der Waals surface area contributed by atoms with E-state index in [1.807, 2.05) is 0 Å². The summed E-state index contributed by atoms with van der Waals surface area (Å²) >= 11 is 0. The number of hydrogen-bond acceptors (Lipinski definition) is 6. The fraction of sp³-hybridized carbons (Fsp3) is 0.474. The molecule has 1 aliphatic rings. The van der Waals surface area contributed by atoms with Gasteiger partial charge in [-0.2, -0.15) is 0 Å². The Hall–Kier alpha value is -1.84. The highest BCUT2D eigenvalue weighted by Crippen LogP contribution is 2.36. The van der Waals surface area contributed by atoms with E-state index in [2.05, 4.69) is 5.32 Å². The molecule has 0 radical (unpaired) electrons. The summed E-state index contributed by atoms with van der Waals surface area (Å²) in [6, 6.07) is 3.11. The molecule has 154 valence electrons. The maximum Gasteiger partial charge on any atom is 0.256 e. The van der Waals surface area contributed by atoms with Crippen LogP contribution in [0.15, 0.2) is 27.5 Å². The lowest BCUT2D eigenvalue weighted by atomic mass is 9.98. The van der Waals surface area contributed by atoms with Gasteiger partial charge in [0.15, 0.2) is 0 Å². The van der Waals surface area contributed by atoms with E-state index in [1.165, 1.54) is 20.4 Å². The van der Waals surface area contributed by atoms with Crippen LogP contribution in [0.4, 0.5) is 0 Å². The molecule has 9 heteroatoms. The molecule has 0 spiro atoms. The highest BCUT2D eigenvalue weighted by atomic mass is 32.2. The topological polar surface area (TPSA) is 117 Å². The van der Waals surface area contributed by atoms with Gasteiger partial charge in [-0.25, -0.2) is 0 Å². The van der Waals surface area contributed by atoms with Crippen LogP contribution in [0.3, 0.4) is 0 Å². The van der Waals surface area contributed by atoms with Crippen molar-refractivity contribution in [2.45, 2.75) is 29.6 Å². The van der Waals surface area contributed by atoms with Crippen LogP contribution in [0.1, 0.15) is 24.0 Å². The van der Waals surface area contributed by atoms with Crippen LogP contribution in [0.5, 0.6) is 0 Å². The maximum atomic E-state index is 12.8. The van der Waals surface area contributed by atoms with Gasteiger partial charge in [0, 0.05) is 31.9 Å². The Labute approximate surface area is 170 Å². The third-order valence-electron chi connectivity index (χ3n) is 4.58. The summed E-state index contributed by atoms with van der Waals surface area (Å²) in [6.45, 7) is 1.94. The van der Waals surface area contributed by atoms with Crippen LogP contribution in [-0.2, 0) is 31.1 Å². The first-order valence-electron chi connectivity index (χ1n) is 8.83. The summed E-state index contributed by atoms with van der Waals surface area (Å²) in [5.74, 6) is -0.686. The average molecular weight is 427 g/mol. The van der Waals surface area contributed by atoms with Gasteiger partial charge >= 0.3 is 0 Å². The molecule has 1 saturated carbocycles. The molecule has 0 aromatic heterocycles. The minimum absolute atomic E-state index is 0.0347. The molecule has 7 nitrogen and oxygen atoms in total. The van der Waals surface area contributed by atoms with E-state index in [-0.39, 0.29) is 35.3 Å². The SMILES string of the molecule is CNC(=O)C(C(=N)C1CC1)=C(O)c1ccc(S(C)=O)c(S(=O)CCOC)c1C. The molecule has 1 fully saturated rings. The molecule has 28 heavy (non-hydrogen) atoms. The second kappa shape index (κ2) is 9.58. The second-order valence-electron chi connectivity index (χ2n) is 6.55. The van der Waals surface area contributed by atoms with E-state index in [1.54, 1.807) is 19.1 Å². The number of hydrogen-bond donors (Lipinski definition) is 3. The predicted octanol–water partition coefficient (Wildman–Crippen LogP) is 1.93. The minimum Gasteiger partial charge on any atom is -0.506 e. The quantitative estimate of drug-likeness (QED) is 0.317. The van der Waals surface area contributed by atoms with Crippen LogP contribution in [-0.4, -0.2) is 57.9 Å². The molecular formula is C19H26N2O5S2. The number of methoxy groups -OCH3 is 1. The van der Waals surface area contributed by atoms with Crippen molar-refractivity contribution in [1.82, 2.24) is 5.32 Å². The van der Waals surface area contributed by atoms with Crippen molar-refractivity contribution in [2.75, 3.05) is 32.8 Å². The fourth-order valence-electron chi connectivity index (χ4n) is 2.89. The third kappa shape index (κ3) is 4.76. The van der Waals surface area contributed by atoms with Gasteiger partial charge in [0.05, 0.1) is 49.5 Å². The van der Waals surface area contributed by atoms with Crippen molar-refractivity contribution < 1.29 is 23.1 Å². The van der Waals surface area contributed by atoms with E-state index >= 15 is 0 Å². The Bertz CT molecular complexity index is 875. The molecule has 0 bridgehead atoms. The standard InChI is InChI=1S/C19H26N2O5S2/c1-11-13(17(22)15(19(23)21-2)16(20)12-5-6-12)7-8-14(27(4)24)18(11)28(25)10-9-26-3/h7-8,12,20,22H,5-6,9-10H2,1-4H3,(H,21,23). The summed E-state index contributed by atoms with van der Waals surface area (Å²) in [5, 5.41) is 21.7. The van der Waals surface area contributed by atoms with E-state index in [0.717, 1.165) is 12.8 Å². The van der Waals surface area contributed by atoms with Crippen molar-refractivity contribution >= 4 is 39.0 Å². The summed E-state index contributed by atoms with van der Waals surface area (Å²) in [7, 11) is 0.0773. The van der Waals surface area contributed by atoms with Crippen LogP contribution in [0.25, 0.3) is 5.76 Å². The van der Waals surface area contributed by atoms with Crippen LogP contribution in [0, 0.1) is 18.3 Å². The number of benzene rings is 1. The van der Waals surface area contributed by atoms with Gasteiger partial charge in [0.2, 0.25) is 0 Å². The number of aliphatic hydroxyl groups is 1. The van der Waals surface area contributed by atoms with Crippen LogP contribution < -0.4 is 5.32 Å². The zero-order valence-corrected chi connectivity index (χ0v) is 18.1. The Morgan fingerprint density at radius 2 is 2.00 bits per heavy atom. The zero-order valence-electron chi connectivity index (χ0n) is 16.5. The van der Waals surface area contributed by atoms with Crippen LogP contribution in [0.2, 0.25) is 0 Å². The normalized spacial score (nSPS) is 16.9. The van der Waals surface area contributed by atoms with Gasteiger partial charge in [-0.1, -0.05) is 0 Å². The van der Waals surface area contributed by atoms with Gasteiger partial charge in [0.25, 0.3) is 5.91 Å². The van der Waals surface area contributed by atoms with Crippen molar-refractivity contribution in [2.24, 2.45) is 5.92 Å².